The Morgan fingerprint density at radius 3 is 1.97 bits per heavy atom. The summed E-state index contributed by atoms with van der Waals surface area (Å²) in [7, 11) is 1.42. The molecule has 0 aromatic heterocycles. The Bertz CT molecular complexity index is 1610. The molecule has 0 aliphatic carbocycles. The van der Waals surface area contributed by atoms with Gasteiger partial charge in [0.25, 0.3) is 11.8 Å². The lowest BCUT2D eigenvalue weighted by molar-refractivity contribution is -0.385. The van der Waals surface area contributed by atoms with Crippen LogP contribution in [0.25, 0.3) is 10.8 Å². The Hall–Kier alpha value is -4.72. The van der Waals surface area contributed by atoms with E-state index >= 15 is 0 Å². The SMILES string of the molecule is COc1ccc(Oc2ccc3c4c(cccc24)C(=O)N(c2c(C(C)C)cccc2C(C)C)C3=O)c([N+](=O)[O-])c1. The Morgan fingerprint density at radius 2 is 1.38 bits per heavy atom. The van der Waals surface area contributed by atoms with Gasteiger partial charge in [-0.15, -0.1) is 0 Å². The number of amides is 2. The maximum Gasteiger partial charge on any atom is 0.315 e. The van der Waals surface area contributed by atoms with E-state index in [-0.39, 0.29) is 23.3 Å². The topological polar surface area (TPSA) is 99.0 Å². The molecule has 4 aromatic carbocycles. The summed E-state index contributed by atoms with van der Waals surface area (Å²) < 4.78 is 11.1. The number of benzene rings is 4. The highest BCUT2D eigenvalue weighted by molar-refractivity contribution is 6.36. The molecule has 198 valence electrons. The summed E-state index contributed by atoms with van der Waals surface area (Å²) in [5.41, 5.74) is 2.94. The summed E-state index contributed by atoms with van der Waals surface area (Å²) in [6, 6.07) is 18.6. The molecule has 1 heterocycles. The van der Waals surface area contributed by atoms with Gasteiger partial charge in [-0.05, 0) is 53.3 Å². The highest BCUT2D eigenvalue weighted by atomic mass is 16.6. The van der Waals surface area contributed by atoms with E-state index < -0.39 is 16.7 Å². The van der Waals surface area contributed by atoms with Crippen LogP contribution in [0.4, 0.5) is 11.4 Å². The summed E-state index contributed by atoms with van der Waals surface area (Å²) >= 11 is 0. The molecule has 5 rings (SSSR count). The number of nitro benzene ring substituents is 1. The summed E-state index contributed by atoms with van der Waals surface area (Å²) in [4.78, 5) is 40.5. The van der Waals surface area contributed by atoms with Gasteiger partial charge in [-0.25, -0.2) is 4.90 Å². The van der Waals surface area contributed by atoms with Crippen molar-refractivity contribution in [2.45, 2.75) is 39.5 Å². The molecule has 0 radical (unpaired) electrons. The number of nitro groups is 1. The average molecular weight is 525 g/mol. The maximum atomic E-state index is 14.0. The van der Waals surface area contributed by atoms with E-state index in [1.54, 1.807) is 36.4 Å². The summed E-state index contributed by atoms with van der Waals surface area (Å²) in [6.45, 7) is 8.16. The minimum absolute atomic E-state index is 0.0176. The van der Waals surface area contributed by atoms with Gasteiger partial charge in [-0.2, -0.15) is 0 Å². The van der Waals surface area contributed by atoms with Crippen molar-refractivity contribution in [3.63, 3.8) is 0 Å². The Morgan fingerprint density at radius 1 is 0.795 bits per heavy atom. The maximum absolute atomic E-state index is 14.0. The van der Waals surface area contributed by atoms with Crippen LogP contribution in [0.3, 0.4) is 0 Å². The smallest absolute Gasteiger partial charge is 0.315 e. The van der Waals surface area contributed by atoms with Gasteiger partial charge in [0.15, 0.2) is 0 Å². The standard InChI is InChI=1S/C31H28N2O6/c1-17(2)20-8-6-9-21(18(3)4)29(20)32-30(34)23-11-7-10-22-26(15-13-24(28(22)23)31(32)35)39-27-14-12-19(38-5)16-25(27)33(36)37/h6-18H,1-5H3. The van der Waals surface area contributed by atoms with E-state index in [1.165, 1.54) is 24.1 Å². The fourth-order valence-electron chi connectivity index (χ4n) is 5.10. The van der Waals surface area contributed by atoms with Crippen molar-refractivity contribution >= 4 is 34.0 Å². The number of nitrogens with zero attached hydrogens (tertiary/aromatic N) is 2. The first-order chi connectivity index (χ1) is 18.6. The molecule has 0 saturated heterocycles. The number of carbonyl (C=O) groups is 2. The van der Waals surface area contributed by atoms with Crippen LogP contribution in [0.2, 0.25) is 0 Å². The van der Waals surface area contributed by atoms with Crippen molar-refractivity contribution in [2.75, 3.05) is 12.0 Å². The van der Waals surface area contributed by atoms with E-state index in [1.807, 2.05) is 45.9 Å². The average Bonchev–Trinajstić information content (AvgIpc) is 2.92. The largest absolute Gasteiger partial charge is 0.496 e. The first-order valence-corrected chi connectivity index (χ1v) is 12.7. The number of methoxy groups -OCH3 is 1. The zero-order chi connectivity index (χ0) is 28.0. The molecule has 1 aliphatic rings. The Balaban J connectivity index is 1.67. The van der Waals surface area contributed by atoms with Crippen LogP contribution in [0.1, 0.15) is 71.4 Å². The number of rotatable bonds is 7. The third kappa shape index (κ3) is 4.27. The van der Waals surface area contributed by atoms with Crippen LogP contribution in [0.15, 0.2) is 66.7 Å². The Kier molecular flexibility index (Phi) is 6.56. The lowest BCUT2D eigenvalue weighted by Gasteiger charge is -2.32. The lowest BCUT2D eigenvalue weighted by Crippen LogP contribution is -2.41. The van der Waals surface area contributed by atoms with E-state index in [4.69, 9.17) is 9.47 Å². The van der Waals surface area contributed by atoms with Gasteiger partial charge < -0.3 is 9.47 Å². The van der Waals surface area contributed by atoms with Crippen molar-refractivity contribution in [1.29, 1.82) is 0 Å². The second kappa shape index (κ2) is 9.87. The van der Waals surface area contributed by atoms with Crippen LogP contribution in [0, 0.1) is 10.1 Å². The summed E-state index contributed by atoms with van der Waals surface area (Å²) in [6.07, 6.45) is 0. The van der Waals surface area contributed by atoms with E-state index in [9.17, 15) is 19.7 Å². The van der Waals surface area contributed by atoms with Crippen LogP contribution in [0.5, 0.6) is 17.2 Å². The quantitative estimate of drug-likeness (QED) is 0.140. The second-order valence-corrected chi connectivity index (χ2v) is 10.1. The molecule has 0 bridgehead atoms. The van der Waals surface area contributed by atoms with E-state index in [2.05, 4.69) is 0 Å². The number of hydrogen-bond acceptors (Lipinski definition) is 6. The van der Waals surface area contributed by atoms with Gasteiger partial charge in [-0.1, -0.05) is 58.0 Å². The van der Waals surface area contributed by atoms with Crippen LogP contribution >= 0.6 is 0 Å². The molecule has 0 atom stereocenters. The van der Waals surface area contributed by atoms with E-state index in [0.717, 1.165) is 11.1 Å². The van der Waals surface area contributed by atoms with Gasteiger partial charge in [-0.3, -0.25) is 19.7 Å². The molecule has 39 heavy (non-hydrogen) atoms. The second-order valence-electron chi connectivity index (χ2n) is 10.1. The highest BCUT2D eigenvalue weighted by Crippen LogP contribution is 2.43. The first-order valence-electron chi connectivity index (χ1n) is 12.7. The zero-order valence-corrected chi connectivity index (χ0v) is 22.3. The van der Waals surface area contributed by atoms with Crippen LogP contribution < -0.4 is 14.4 Å². The molecular weight excluding hydrogens is 496 g/mol. The first kappa shape index (κ1) is 25.9. The molecule has 0 N–H and O–H groups in total. The predicted octanol–water partition coefficient (Wildman–Crippen LogP) is 7.60. The van der Waals surface area contributed by atoms with Gasteiger partial charge in [0.2, 0.25) is 5.75 Å². The third-order valence-electron chi connectivity index (χ3n) is 7.02. The molecular formula is C31H28N2O6. The molecule has 2 amide bonds. The summed E-state index contributed by atoms with van der Waals surface area (Å²) in [5, 5.41) is 12.7. The molecule has 8 heteroatoms. The predicted molar refractivity (Wildman–Crippen MR) is 149 cm³/mol. The normalized spacial score (nSPS) is 12.9. The molecule has 0 spiro atoms. The van der Waals surface area contributed by atoms with Crippen molar-refractivity contribution in [2.24, 2.45) is 0 Å². The van der Waals surface area contributed by atoms with Crippen molar-refractivity contribution < 1.29 is 24.0 Å². The molecule has 0 fully saturated rings. The molecule has 0 unspecified atom stereocenters. The molecule has 4 aromatic rings. The minimum Gasteiger partial charge on any atom is -0.496 e. The van der Waals surface area contributed by atoms with Gasteiger partial charge in [0.05, 0.1) is 23.8 Å². The van der Waals surface area contributed by atoms with Crippen molar-refractivity contribution in [1.82, 2.24) is 0 Å². The van der Waals surface area contributed by atoms with Gasteiger partial charge in [0, 0.05) is 21.9 Å². The number of anilines is 1. The number of imide groups is 1. The number of para-hydroxylation sites is 1. The highest BCUT2D eigenvalue weighted by Gasteiger charge is 2.37. The zero-order valence-electron chi connectivity index (χ0n) is 22.3. The van der Waals surface area contributed by atoms with Crippen molar-refractivity contribution in [3.05, 3.63) is 99.1 Å². The number of ether oxygens (including phenoxy) is 2. The molecule has 1 aliphatic heterocycles. The minimum atomic E-state index is -0.549. The lowest BCUT2D eigenvalue weighted by atomic mass is 9.88. The number of carbonyl (C=O) groups excluding carboxylic acids is 2. The monoisotopic (exact) mass is 524 g/mol. The van der Waals surface area contributed by atoms with Gasteiger partial charge in [0.1, 0.15) is 11.5 Å². The number of hydrogen-bond donors (Lipinski definition) is 0. The van der Waals surface area contributed by atoms with Crippen LogP contribution in [-0.4, -0.2) is 23.8 Å². The van der Waals surface area contributed by atoms with Crippen LogP contribution in [-0.2, 0) is 0 Å². The fraction of sp³-hybridized carbons (Fsp3) is 0.226. The molecule has 0 saturated carbocycles. The van der Waals surface area contributed by atoms with Crippen molar-refractivity contribution in [3.8, 4) is 17.2 Å². The Labute approximate surface area is 225 Å². The summed E-state index contributed by atoms with van der Waals surface area (Å²) in [5.74, 6) is -0.0152. The molecule has 8 nitrogen and oxygen atoms in total. The van der Waals surface area contributed by atoms with E-state index in [0.29, 0.717) is 39.1 Å². The van der Waals surface area contributed by atoms with Gasteiger partial charge >= 0.3 is 5.69 Å². The third-order valence-corrected chi connectivity index (χ3v) is 7.02. The fourth-order valence-corrected chi connectivity index (χ4v) is 5.10.